The quantitative estimate of drug-likeness (QED) is 0.497. The Bertz CT molecular complexity index is 1090. The lowest BCUT2D eigenvalue weighted by atomic mass is 10.0. The van der Waals surface area contributed by atoms with E-state index >= 15 is 0 Å². The van der Waals surface area contributed by atoms with Crippen molar-refractivity contribution < 1.29 is 14.0 Å². The lowest BCUT2D eigenvalue weighted by Gasteiger charge is -2.31. The third kappa shape index (κ3) is 6.09. The third-order valence-corrected chi connectivity index (χ3v) is 5.76. The van der Waals surface area contributed by atoms with Crippen LogP contribution >= 0.6 is 23.2 Å². The first kappa shape index (κ1) is 23.8. The normalized spacial score (nSPS) is 11.6. The van der Waals surface area contributed by atoms with E-state index in [4.69, 9.17) is 23.2 Å². The van der Waals surface area contributed by atoms with Gasteiger partial charge in [0.05, 0.1) is 6.42 Å². The van der Waals surface area contributed by atoms with Crippen molar-refractivity contribution in [2.75, 3.05) is 7.05 Å². The summed E-state index contributed by atoms with van der Waals surface area (Å²) in [7, 11) is 1.52. The van der Waals surface area contributed by atoms with Gasteiger partial charge in [0.15, 0.2) is 0 Å². The van der Waals surface area contributed by atoms with Crippen molar-refractivity contribution in [1.29, 1.82) is 0 Å². The summed E-state index contributed by atoms with van der Waals surface area (Å²) >= 11 is 12.4. The van der Waals surface area contributed by atoms with Crippen molar-refractivity contribution >= 4 is 35.0 Å². The van der Waals surface area contributed by atoms with E-state index < -0.39 is 11.9 Å². The average molecular weight is 473 g/mol. The maximum Gasteiger partial charge on any atom is 0.242 e. The van der Waals surface area contributed by atoms with Crippen LogP contribution < -0.4 is 5.32 Å². The molecule has 1 N–H and O–H groups in total. The molecule has 0 aromatic heterocycles. The van der Waals surface area contributed by atoms with Gasteiger partial charge >= 0.3 is 0 Å². The molecule has 2 amide bonds. The summed E-state index contributed by atoms with van der Waals surface area (Å²) in [4.78, 5) is 27.7. The topological polar surface area (TPSA) is 49.4 Å². The third-order valence-electron chi connectivity index (χ3n) is 5.17. The standard InChI is InChI=1S/C25H23Cl2FN2O2/c1-29-25(32)23(13-17-7-3-2-4-8-17)30(16-19-11-12-20(26)15-21(19)27)24(31)14-18-9-5-6-10-22(18)28/h2-12,15,23H,13-14,16H2,1H3,(H,29,32)/t23-/m1/s1. The lowest BCUT2D eigenvalue weighted by molar-refractivity contribution is -0.140. The summed E-state index contributed by atoms with van der Waals surface area (Å²) in [5, 5.41) is 3.50. The molecule has 0 spiro atoms. The molecular weight excluding hydrogens is 450 g/mol. The molecule has 3 aromatic rings. The summed E-state index contributed by atoms with van der Waals surface area (Å²) in [6, 6.07) is 19.7. The van der Waals surface area contributed by atoms with E-state index in [-0.39, 0.29) is 30.3 Å². The molecule has 3 aromatic carbocycles. The molecule has 0 aliphatic carbocycles. The highest BCUT2D eigenvalue weighted by atomic mass is 35.5. The summed E-state index contributed by atoms with van der Waals surface area (Å²) < 4.78 is 14.2. The number of likely N-dealkylation sites (N-methyl/N-ethyl adjacent to an activating group) is 1. The molecule has 3 rings (SSSR count). The highest BCUT2D eigenvalue weighted by Gasteiger charge is 2.30. The zero-order valence-electron chi connectivity index (χ0n) is 17.5. The number of nitrogens with zero attached hydrogens (tertiary/aromatic N) is 1. The molecule has 0 aliphatic heterocycles. The molecular formula is C25H23Cl2FN2O2. The summed E-state index contributed by atoms with van der Waals surface area (Å²) in [6.07, 6.45) is 0.120. The Morgan fingerprint density at radius 2 is 1.66 bits per heavy atom. The van der Waals surface area contributed by atoms with Gasteiger partial charge in [-0.15, -0.1) is 0 Å². The molecule has 0 fully saturated rings. The van der Waals surface area contributed by atoms with Crippen LogP contribution in [0.5, 0.6) is 0 Å². The van der Waals surface area contributed by atoms with Crippen molar-refractivity contribution in [1.82, 2.24) is 10.2 Å². The van der Waals surface area contributed by atoms with E-state index in [1.54, 1.807) is 36.4 Å². The first-order valence-electron chi connectivity index (χ1n) is 10.1. The number of hydrogen-bond acceptors (Lipinski definition) is 2. The smallest absolute Gasteiger partial charge is 0.242 e. The van der Waals surface area contributed by atoms with Gasteiger partial charge in [-0.25, -0.2) is 4.39 Å². The Kier molecular flexibility index (Phi) is 8.26. The molecule has 0 bridgehead atoms. The minimum Gasteiger partial charge on any atom is -0.357 e. The van der Waals surface area contributed by atoms with E-state index in [0.717, 1.165) is 5.56 Å². The van der Waals surface area contributed by atoms with Gasteiger partial charge in [-0.05, 0) is 34.9 Å². The number of benzene rings is 3. The number of carbonyl (C=O) groups is 2. The Labute approximate surface area is 197 Å². The minimum atomic E-state index is -0.812. The number of nitrogens with one attached hydrogen (secondary N) is 1. The molecule has 166 valence electrons. The number of hydrogen-bond donors (Lipinski definition) is 1. The fourth-order valence-corrected chi connectivity index (χ4v) is 3.93. The van der Waals surface area contributed by atoms with Crippen molar-refractivity contribution in [3.63, 3.8) is 0 Å². The summed E-state index contributed by atoms with van der Waals surface area (Å²) in [6.45, 7) is 0.0776. The zero-order valence-corrected chi connectivity index (χ0v) is 19.0. The molecule has 32 heavy (non-hydrogen) atoms. The second kappa shape index (κ2) is 11.1. The van der Waals surface area contributed by atoms with Crippen LogP contribution in [0.1, 0.15) is 16.7 Å². The van der Waals surface area contributed by atoms with E-state index in [2.05, 4.69) is 5.32 Å². The van der Waals surface area contributed by atoms with Crippen LogP contribution in [0.3, 0.4) is 0 Å². The van der Waals surface area contributed by atoms with Crippen LogP contribution in [0, 0.1) is 5.82 Å². The first-order valence-corrected chi connectivity index (χ1v) is 10.9. The predicted molar refractivity (Wildman–Crippen MR) is 125 cm³/mol. The van der Waals surface area contributed by atoms with Crippen LogP contribution in [0.2, 0.25) is 10.0 Å². The van der Waals surface area contributed by atoms with Crippen molar-refractivity contribution in [3.8, 4) is 0 Å². The van der Waals surface area contributed by atoms with Gasteiger partial charge in [0.25, 0.3) is 0 Å². The summed E-state index contributed by atoms with van der Waals surface area (Å²) in [5.41, 5.74) is 1.80. The summed E-state index contributed by atoms with van der Waals surface area (Å²) in [5.74, 6) is -1.17. The molecule has 0 saturated heterocycles. The molecule has 1 atom stereocenters. The van der Waals surface area contributed by atoms with E-state index in [1.165, 1.54) is 18.0 Å². The van der Waals surface area contributed by atoms with Crippen molar-refractivity contribution in [3.05, 3.63) is 105 Å². The van der Waals surface area contributed by atoms with E-state index in [9.17, 15) is 14.0 Å². The van der Waals surface area contributed by atoms with Gasteiger partial charge in [0.2, 0.25) is 11.8 Å². The van der Waals surface area contributed by atoms with Gasteiger partial charge in [0, 0.05) is 30.1 Å². The number of halogens is 3. The predicted octanol–water partition coefficient (Wildman–Crippen LogP) is 5.06. The van der Waals surface area contributed by atoms with Crippen LogP contribution in [-0.4, -0.2) is 29.8 Å². The second-order valence-corrected chi connectivity index (χ2v) is 8.19. The van der Waals surface area contributed by atoms with Crippen molar-refractivity contribution in [2.45, 2.75) is 25.4 Å². The van der Waals surface area contributed by atoms with Gasteiger partial charge in [0.1, 0.15) is 11.9 Å². The SMILES string of the molecule is CNC(=O)[C@@H](Cc1ccccc1)N(Cc1ccc(Cl)cc1Cl)C(=O)Cc1ccccc1F. The van der Waals surface area contributed by atoms with Gasteiger partial charge < -0.3 is 10.2 Å². The van der Waals surface area contributed by atoms with Crippen LogP contribution in [0.4, 0.5) is 4.39 Å². The molecule has 4 nitrogen and oxygen atoms in total. The number of amides is 2. The van der Waals surface area contributed by atoms with Crippen LogP contribution in [0.25, 0.3) is 0 Å². The van der Waals surface area contributed by atoms with E-state index in [0.29, 0.717) is 22.0 Å². The molecule has 0 radical (unpaired) electrons. The van der Waals surface area contributed by atoms with Gasteiger partial charge in [-0.2, -0.15) is 0 Å². The number of rotatable bonds is 8. The Morgan fingerprint density at radius 1 is 0.969 bits per heavy atom. The fraction of sp³-hybridized carbons (Fsp3) is 0.200. The monoisotopic (exact) mass is 472 g/mol. The van der Waals surface area contributed by atoms with Crippen LogP contribution in [-0.2, 0) is 29.0 Å². The minimum absolute atomic E-state index is 0.0776. The van der Waals surface area contributed by atoms with Crippen LogP contribution in [0.15, 0.2) is 72.8 Å². The molecule has 0 heterocycles. The second-order valence-electron chi connectivity index (χ2n) is 7.35. The zero-order chi connectivity index (χ0) is 23.1. The fourth-order valence-electron chi connectivity index (χ4n) is 3.46. The van der Waals surface area contributed by atoms with Crippen molar-refractivity contribution in [2.24, 2.45) is 0 Å². The molecule has 0 aliphatic rings. The Hall–Kier alpha value is -2.89. The highest BCUT2D eigenvalue weighted by molar-refractivity contribution is 6.35. The van der Waals surface area contributed by atoms with E-state index in [1.807, 2.05) is 30.3 Å². The maximum absolute atomic E-state index is 14.2. The molecule has 0 unspecified atom stereocenters. The lowest BCUT2D eigenvalue weighted by Crippen LogP contribution is -2.50. The van der Waals surface area contributed by atoms with Gasteiger partial charge in [-0.1, -0.05) is 77.8 Å². The highest BCUT2D eigenvalue weighted by Crippen LogP contribution is 2.24. The van der Waals surface area contributed by atoms with Gasteiger partial charge in [-0.3, -0.25) is 9.59 Å². The Balaban J connectivity index is 1.98. The first-order chi connectivity index (χ1) is 15.4. The average Bonchev–Trinajstić information content (AvgIpc) is 2.79. The molecule has 0 saturated carbocycles. The Morgan fingerprint density at radius 3 is 2.31 bits per heavy atom. The maximum atomic E-state index is 14.2. The number of carbonyl (C=O) groups excluding carboxylic acids is 2. The molecule has 7 heteroatoms. The largest absolute Gasteiger partial charge is 0.357 e.